The van der Waals surface area contributed by atoms with Gasteiger partial charge in [0.25, 0.3) is 0 Å². The van der Waals surface area contributed by atoms with E-state index >= 15 is 0 Å². The van der Waals surface area contributed by atoms with Crippen molar-refractivity contribution in [3.8, 4) is 0 Å². The summed E-state index contributed by atoms with van der Waals surface area (Å²) >= 11 is 3.34. The first-order valence-corrected chi connectivity index (χ1v) is 8.43. The number of carbonyl (C=O) groups excluding carboxylic acids is 1. The molecule has 2 N–H and O–H groups in total. The number of hydrogen-bond donors (Lipinski definition) is 1. The zero-order valence-corrected chi connectivity index (χ0v) is 13.4. The van der Waals surface area contributed by atoms with Crippen LogP contribution in [0.5, 0.6) is 0 Å². The molecule has 2 aromatic heterocycles. The van der Waals surface area contributed by atoms with E-state index in [0.717, 1.165) is 0 Å². The van der Waals surface area contributed by atoms with Crippen LogP contribution in [0.2, 0.25) is 0 Å². The molecule has 20 heavy (non-hydrogen) atoms. The molecule has 2 aromatic rings. The lowest BCUT2D eigenvalue weighted by Crippen LogP contribution is -2.45. The molecular weight excluding hydrogens is 288 g/mol. The summed E-state index contributed by atoms with van der Waals surface area (Å²) in [5.74, 6) is 0.179. The number of nitrogens with zero attached hydrogens (tertiary/aromatic N) is 1. The molecule has 2 rings (SSSR count). The molecule has 0 bridgehead atoms. The van der Waals surface area contributed by atoms with Crippen molar-refractivity contribution in [3.63, 3.8) is 0 Å². The zero-order chi connectivity index (χ0) is 14.5. The second kappa shape index (κ2) is 7.02. The van der Waals surface area contributed by atoms with Gasteiger partial charge in [0, 0.05) is 9.75 Å². The van der Waals surface area contributed by atoms with E-state index in [2.05, 4.69) is 12.1 Å². The Labute approximate surface area is 128 Å². The number of amides is 1. The van der Waals surface area contributed by atoms with Crippen LogP contribution < -0.4 is 5.73 Å². The molecule has 108 valence electrons. The minimum absolute atomic E-state index is 0.0294. The first kappa shape index (κ1) is 15.2. The van der Waals surface area contributed by atoms with Crippen molar-refractivity contribution in [2.24, 2.45) is 11.7 Å². The minimum atomic E-state index is -0.435. The van der Waals surface area contributed by atoms with Crippen LogP contribution in [0.4, 0.5) is 0 Å². The summed E-state index contributed by atoms with van der Waals surface area (Å²) in [6.45, 7) is 5.23. The molecule has 0 fully saturated rings. The lowest BCUT2D eigenvalue weighted by Gasteiger charge is -2.26. The number of nitrogens with two attached hydrogens (primary N) is 1. The first-order chi connectivity index (χ1) is 9.58. The molecule has 0 saturated carbocycles. The van der Waals surface area contributed by atoms with Crippen molar-refractivity contribution in [2.45, 2.75) is 33.0 Å². The van der Waals surface area contributed by atoms with Crippen molar-refractivity contribution < 1.29 is 4.79 Å². The Bertz CT molecular complexity index is 484. The van der Waals surface area contributed by atoms with E-state index in [1.807, 2.05) is 41.6 Å². The molecule has 0 aliphatic carbocycles. The molecule has 0 saturated heterocycles. The number of rotatable bonds is 6. The SMILES string of the molecule is CC(C)[C@H](N)C(=O)N(Cc1cccs1)Cc1cccs1. The van der Waals surface area contributed by atoms with Crippen molar-refractivity contribution >= 4 is 28.6 Å². The smallest absolute Gasteiger partial charge is 0.240 e. The standard InChI is InChI=1S/C15H20N2OS2/c1-11(2)14(16)15(18)17(9-12-5-3-7-19-12)10-13-6-4-8-20-13/h3-8,11,14H,9-10,16H2,1-2H3/t14-/m0/s1. The van der Waals surface area contributed by atoms with E-state index in [1.54, 1.807) is 22.7 Å². The summed E-state index contributed by atoms with van der Waals surface area (Å²) < 4.78 is 0. The third kappa shape index (κ3) is 3.91. The maximum Gasteiger partial charge on any atom is 0.240 e. The number of hydrogen-bond acceptors (Lipinski definition) is 4. The van der Waals surface area contributed by atoms with Crippen LogP contribution in [0, 0.1) is 5.92 Å². The van der Waals surface area contributed by atoms with Crippen LogP contribution in [-0.2, 0) is 17.9 Å². The van der Waals surface area contributed by atoms with Crippen molar-refractivity contribution in [1.29, 1.82) is 0 Å². The van der Waals surface area contributed by atoms with Gasteiger partial charge in [0.05, 0.1) is 19.1 Å². The molecule has 0 radical (unpaired) electrons. The first-order valence-electron chi connectivity index (χ1n) is 6.67. The topological polar surface area (TPSA) is 46.3 Å². The summed E-state index contributed by atoms with van der Waals surface area (Å²) in [6.07, 6.45) is 0. The fourth-order valence-electron chi connectivity index (χ4n) is 1.89. The van der Waals surface area contributed by atoms with Gasteiger partial charge in [0.2, 0.25) is 5.91 Å². The highest BCUT2D eigenvalue weighted by Gasteiger charge is 2.24. The van der Waals surface area contributed by atoms with Crippen LogP contribution >= 0.6 is 22.7 Å². The molecule has 3 nitrogen and oxygen atoms in total. The molecule has 0 aliphatic rings. The van der Waals surface area contributed by atoms with Crippen LogP contribution in [-0.4, -0.2) is 16.8 Å². The highest BCUT2D eigenvalue weighted by molar-refractivity contribution is 7.10. The van der Waals surface area contributed by atoms with Crippen LogP contribution in [0.25, 0.3) is 0 Å². The van der Waals surface area contributed by atoms with Crippen LogP contribution in [0.1, 0.15) is 23.6 Å². The van der Waals surface area contributed by atoms with Gasteiger partial charge in [-0.25, -0.2) is 0 Å². The highest BCUT2D eigenvalue weighted by Crippen LogP contribution is 2.18. The molecule has 5 heteroatoms. The van der Waals surface area contributed by atoms with Gasteiger partial charge in [-0.3, -0.25) is 4.79 Å². The quantitative estimate of drug-likeness (QED) is 0.890. The number of carbonyl (C=O) groups is 1. The van der Waals surface area contributed by atoms with Crippen molar-refractivity contribution in [1.82, 2.24) is 4.90 Å². The molecule has 0 unspecified atom stereocenters. The summed E-state index contributed by atoms with van der Waals surface area (Å²) in [4.78, 5) is 16.8. The predicted molar refractivity (Wildman–Crippen MR) is 85.7 cm³/mol. The van der Waals surface area contributed by atoms with E-state index < -0.39 is 6.04 Å². The fraction of sp³-hybridized carbons (Fsp3) is 0.400. The maximum absolute atomic E-state index is 12.5. The van der Waals surface area contributed by atoms with Crippen molar-refractivity contribution in [2.75, 3.05) is 0 Å². The van der Waals surface area contributed by atoms with E-state index in [1.165, 1.54) is 9.75 Å². The Hall–Kier alpha value is -1.17. The molecule has 0 spiro atoms. The van der Waals surface area contributed by atoms with Gasteiger partial charge in [-0.2, -0.15) is 0 Å². The Balaban J connectivity index is 2.12. The molecule has 0 aliphatic heterocycles. The Morgan fingerprint density at radius 2 is 1.65 bits per heavy atom. The average molecular weight is 308 g/mol. The average Bonchev–Trinajstić information content (AvgIpc) is 3.09. The normalized spacial score (nSPS) is 12.6. The maximum atomic E-state index is 12.5. The lowest BCUT2D eigenvalue weighted by atomic mass is 10.0. The third-order valence-corrected chi connectivity index (χ3v) is 4.89. The zero-order valence-electron chi connectivity index (χ0n) is 11.8. The monoisotopic (exact) mass is 308 g/mol. The molecular formula is C15H20N2OS2. The molecule has 0 aromatic carbocycles. The van der Waals surface area contributed by atoms with Gasteiger partial charge in [0.15, 0.2) is 0 Å². The van der Waals surface area contributed by atoms with Gasteiger partial charge in [-0.05, 0) is 28.8 Å². The van der Waals surface area contributed by atoms with Gasteiger partial charge in [0.1, 0.15) is 0 Å². The van der Waals surface area contributed by atoms with Gasteiger partial charge < -0.3 is 10.6 Å². The third-order valence-electron chi connectivity index (χ3n) is 3.17. The largest absolute Gasteiger partial charge is 0.331 e. The van der Waals surface area contributed by atoms with Gasteiger partial charge in [-0.15, -0.1) is 22.7 Å². The summed E-state index contributed by atoms with van der Waals surface area (Å²) in [7, 11) is 0. The van der Waals surface area contributed by atoms with E-state index in [-0.39, 0.29) is 11.8 Å². The van der Waals surface area contributed by atoms with E-state index in [4.69, 9.17) is 5.73 Å². The second-order valence-corrected chi connectivity index (χ2v) is 7.19. The Morgan fingerprint density at radius 1 is 1.15 bits per heavy atom. The molecule has 1 atom stereocenters. The van der Waals surface area contributed by atoms with Gasteiger partial charge in [-0.1, -0.05) is 26.0 Å². The Kier molecular flexibility index (Phi) is 5.34. The fourth-order valence-corrected chi connectivity index (χ4v) is 3.33. The van der Waals surface area contributed by atoms with Gasteiger partial charge >= 0.3 is 0 Å². The minimum Gasteiger partial charge on any atom is -0.331 e. The van der Waals surface area contributed by atoms with E-state index in [9.17, 15) is 4.79 Å². The van der Waals surface area contributed by atoms with Crippen LogP contribution in [0.15, 0.2) is 35.0 Å². The Morgan fingerprint density at radius 3 is 2.00 bits per heavy atom. The van der Waals surface area contributed by atoms with Crippen LogP contribution in [0.3, 0.4) is 0 Å². The summed E-state index contributed by atoms with van der Waals surface area (Å²) in [5, 5.41) is 4.07. The second-order valence-electron chi connectivity index (χ2n) is 5.12. The molecule has 2 heterocycles. The lowest BCUT2D eigenvalue weighted by molar-refractivity contribution is -0.134. The van der Waals surface area contributed by atoms with Crippen molar-refractivity contribution in [3.05, 3.63) is 44.8 Å². The summed E-state index contributed by atoms with van der Waals surface area (Å²) in [6, 6.07) is 7.70. The van der Waals surface area contributed by atoms with E-state index in [0.29, 0.717) is 13.1 Å². The highest BCUT2D eigenvalue weighted by atomic mass is 32.1. The predicted octanol–water partition coefficient (Wildman–Crippen LogP) is 3.32. The number of thiophene rings is 2. The summed E-state index contributed by atoms with van der Waals surface area (Å²) in [5.41, 5.74) is 6.03. The molecule has 1 amide bonds.